The molecular weight excluding hydrogens is 310 g/mol. The first-order chi connectivity index (χ1) is 11.0. The Morgan fingerprint density at radius 3 is 2.61 bits per heavy atom. The molecule has 1 fully saturated rings. The van der Waals surface area contributed by atoms with Gasteiger partial charge in [0.25, 0.3) is 0 Å². The fourth-order valence-electron chi connectivity index (χ4n) is 2.97. The van der Waals surface area contributed by atoms with Crippen molar-refractivity contribution in [3.8, 4) is 5.75 Å². The van der Waals surface area contributed by atoms with E-state index < -0.39 is 0 Å². The van der Waals surface area contributed by atoms with Crippen molar-refractivity contribution in [3.05, 3.63) is 40.9 Å². The summed E-state index contributed by atoms with van der Waals surface area (Å²) in [6.07, 6.45) is 1.25. The van der Waals surface area contributed by atoms with Gasteiger partial charge in [-0.05, 0) is 55.2 Å². The number of nitrogens with one attached hydrogen (secondary N) is 1. The second kappa shape index (κ2) is 6.20. The number of nitrogen functional groups attached to an aromatic ring is 1. The summed E-state index contributed by atoms with van der Waals surface area (Å²) in [5, 5.41) is 13.3. The minimum atomic E-state index is 0.0354. The molecule has 1 heterocycles. The number of rotatable bonds is 3. The van der Waals surface area contributed by atoms with E-state index >= 15 is 0 Å². The van der Waals surface area contributed by atoms with Crippen LogP contribution >= 0.6 is 11.6 Å². The van der Waals surface area contributed by atoms with Crippen molar-refractivity contribution in [1.82, 2.24) is 0 Å². The zero-order valence-corrected chi connectivity index (χ0v) is 14.2. The summed E-state index contributed by atoms with van der Waals surface area (Å²) < 4.78 is 0. The maximum Gasteiger partial charge on any atom is 0.139 e. The van der Waals surface area contributed by atoms with Crippen LogP contribution in [0.2, 0.25) is 5.02 Å². The van der Waals surface area contributed by atoms with Crippen LogP contribution < -0.4 is 16.0 Å². The van der Waals surface area contributed by atoms with E-state index in [4.69, 9.17) is 17.3 Å². The molecule has 0 aromatic heterocycles. The lowest BCUT2D eigenvalue weighted by molar-refractivity contribution is 0.472. The molecule has 2 aromatic carbocycles. The van der Waals surface area contributed by atoms with Crippen LogP contribution in [-0.2, 0) is 0 Å². The van der Waals surface area contributed by atoms with Gasteiger partial charge in [-0.2, -0.15) is 0 Å². The standard InChI is InChI=1S/C18H22ClN3O/c1-11-7-8-22(10-11)14-5-3-13(4-6-14)21-15-9-12(2)18(23)16(19)17(15)20/h3-6,9,11,21,23H,7-8,10,20H2,1-2H3. The first-order valence-electron chi connectivity index (χ1n) is 7.85. The largest absolute Gasteiger partial charge is 0.506 e. The molecule has 0 radical (unpaired) electrons. The normalized spacial score (nSPS) is 17.5. The van der Waals surface area contributed by atoms with E-state index in [0.717, 1.165) is 24.7 Å². The fraction of sp³-hybridized carbons (Fsp3) is 0.333. The summed E-state index contributed by atoms with van der Waals surface area (Å²) >= 11 is 6.06. The molecule has 1 saturated heterocycles. The number of aryl methyl sites for hydroxylation is 1. The van der Waals surface area contributed by atoms with Gasteiger partial charge in [-0.1, -0.05) is 18.5 Å². The molecule has 1 unspecified atom stereocenters. The molecular formula is C18H22ClN3O. The Morgan fingerprint density at radius 1 is 1.30 bits per heavy atom. The molecule has 4 N–H and O–H groups in total. The Kier molecular flexibility index (Phi) is 4.26. The average molecular weight is 332 g/mol. The van der Waals surface area contributed by atoms with Gasteiger partial charge < -0.3 is 21.1 Å². The van der Waals surface area contributed by atoms with Gasteiger partial charge in [0.1, 0.15) is 10.8 Å². The summed E-state index contributed by atoms with van der Waals surface area (Å²) in [6, 6.07) is 10.1. The number of phenols is 1. The number of benzene rings is 2. The molecule has 0 bridgehead atoms. The predicted octanol–water partition coefficient (Wildman–Crippen LogP) is 4.53. The third-order valence-electron chi connectivity index (χ3n) is 4.40. The molecule has 1 atom stereocenters. The SMILES string of the molecule is Cc1cc(Nc2ccc(N3CCC(C)C3)cc2)c(N)c(Cl)c1O. The summed E-state index contributed by atoms with van der Waals surface area (Å²) in [5.74, 6) is 0.794. The third kappa shape index (κ3) is 3.17. The quantitative estimate of drug-likeness (QED) is 0.571. The van der Waals surface area contributed by atoms with Crippen LogP contribution in [0, 0.1) is 12.8 Å². The number of hydrogen-bond donors (Lipinski definition) is 3. The highest BCUT2D eigenvalue weighted by molar-refractivity contribution is 6.35. The number of hydrogen-bond acceptors (Lipinski definition) is 4. The van der Waals surface area contributed by atoms with Crippen LogP contribution in [0.25, 0.3) is 0 Å². The average Bonchev–Trinajstić information content (AvgIpc) is 2.98. The monoisotopic (exact) mass is 331 g/mol. The van der Waals surface area contributed by atoms with Crippen molar-refractivity contribution >= 4 is 34.4 Å². The second-order valence-corrected chi connectivity index (χ2v) is 6.71. The molecule has 1 aliphatic rings. The number of aromatic hydroxyl groups is 1. The number of nitrogens with two attached hydrogens (primary N) is 1. The van der Waals surface area contributed by atoms with E-state index in [1.807, 2.05) is 12.1 Å². The van der Waals surface area contributed by atoms with Crippen molar-refractivity contribution in [1.29, 1.82) is 0 Å². The fourth-order valence-corrected chi connectivity index (χ4v) is 3.22. The molecule has 1 aliphatic heterocycles. The lowest BCUT2D eigenvalue weighted by Crippen LogP contribution is -2.18. The highest BCUT2D eigenvalue weighted by Crippen LogP contribution is 2.39. The van der Waals surface area contributed by atoms with Crippen LogP contribution in [-0.4, -0.2) is 18.2 Å². The minimum absolute atomic E-state index is 0.0354. The van der Waals surface area contributed by atoms with Gasteiger partial charge in [-0.3, -0.25) is 0 Å². The van der Waals surface area contributed by atoms with E-state index in [1.54, 1.807) is 13.0 Å². The van der Waals surface area contributed by atoms with Gasteiger partial charge in [0.15, 0.2) is 0 Å². The van der Waals surface area contributed by atoms with Crippen LogP contribution in [0.5, 0.6) is 5.75 Å². The Hall–Kier alpha value is -2.07. The summed E-state index contributed by atoms with van der Waals surface area (Å²) in [4.78, 5) is 2.41. The van der Waals surface area contributed by atoms with Crippen LogP contribution in [0.1, 0.15) is 18.9 Å². The molecule has 2 aromatic rings. The molecule has 0 aliphatic carbocycles. The Labute approximate surface area is 141 Å². The van der Waals surface area contributed by atoms with Crippen LogP contribution in [0.15, 0.2) is 30.3 Å². The number of phenolic OH excluding ortho intramolecular Hbond substituents is 1. The van der Waals surface area contributed by atoms with Crippen LogP contribution in [0.3, 0.4) is 0 Å². The molecule has 122 valence electrons. The maximum atomic E-state index is 9.81. The molecule has 4 nitrogen and oxygen atoms in total. The number of anilines is 4. The van der Waals surface area contributed by atoms with Crippen molar-refractivity contribution in [2.45, 2.75) is 20.3 Å². The minimum Gasteiger partial charge on any atom is -0.506 e. The van der Waals surface area contributed by atoms with Gasteiger partial charge in [0.05, 0.1) is 11.4 Å². The predicted molar refractivity (Wildman–Crippen MR) is 98.0 cm³/mol. The highest BCUT2D eigenvalue weighted by atomic mass is 35.5. The van der Waals surface area contributed by atoms with Gasteiger partial charge in [-0.15, -0.1) is 0 Å². The molecule has 5 heteroatoms. The summed E-state index contributed by atoms with van der Waals surface area (Å²) in [5.41, 5.74) is 9.91. The summed E-state index contributed by atoms with van der Waals surface area (Å²) in [6.45, 7) is 6.32. The van der Waals surface area contributed by atoms with Crippen molar-refractivity contribution < 1.29 is 5.11 Å². The smallest absolute Gasteiger partial charge is 0.139 e. The van der Waals surface area contributed by atoms with Gasteiger partial charge >= 0.3 is 0 Å². The lowest BCUT2D eigenvalue weighted by atomic mass is 10.1. The van der Waals surface area contributed by atoms with Gasteiger partial charge in [-0.25, -0.2) is 0 Å². The Balaban J connectivity index is 1.79. The van der Waals surface area contributed by atoms with Crippen molar-refractivity contribution in [3.63, 3.8) is 0 Å². The number of nitrogens with zero attached hydrogens (tertiary/aromatic N) is 1. The zero-order chi connectivity index (χ0) is 16.6. The Bertz CT molecular complexity index is 715. The van der Waals surface area contributed by atoms with E-state index in [2.05, 4.69) is 29.3 Å². The molecule has 0 saturated carbocycles. The molecule has 0 amide bonds. The maximum absolute atomic E-state index is 9.81. The van der Waals surface area contributed by atoms with E-state index in [9.17, 15) is 5.11 Å². The van der Waals surface area contributed by atoms with Gasteiger partial charge in [0.2, 0.25) is 0 Å². The lowest BCUT2D eigenvalue weighted by Gasteiger charge is -2.19. The zero-order valence-electron chi connectivity index (χ0n) is 13.4. The first kappa shape index (κ1) is 15.8. The van der Waals surface area contributed by atoms with Crippen molar-refractivity contribution in [2.75, 3.05) is 29.0 Å². The topological polar surface area (TPSA) is 61.5 Å². The molecule has 0 spiro atoms. The van der Waals surface area contributed by atoms with E-state index in [0.29, 0.717) is 16.9 Å². The Morgan fingerprint density at radius 2 is 2.00 bits per heavy atom. The molecule has 23 heavy (non-hydrogen) atoms. The second-order valence-electron chi connectivity index (χ2n) is 6.33. The van der Waals surface area contributed by atoms with Crippen LogP contribution in [0.4, 0.5) is 22.7 Å². The summed E-state index contributed by atoms with van der Waals surface area (Å²) in [7, 11) is 0. The van der Waals surface area contributed by atoms with E-state index in [-0.39, 0.29) is 10.8 Å². The first-order valence-corrected chi connectivity index (χ1v) is 8.23. The molecule has 3 rings (SSSR count). The number of halogens is 1. The highest BCUT2D eigenvalue weighted by Gasteiger charge is 2.18. The van der Waals surface area contributed by atoms with Gasteiger partial charge in [0, 0.05) is 24.5 Å². The van der Waals surface area contributed by atoms with E-state index in [1.165, 1.54) is 12.1 Å². The van der Waals surface area contributed by atoms with Crippen molar-refractivity contribution in [2.24, 2.45) is 5.92 Å². The third-order valence-corrected chi connectivity index (χ3v) is 4.79.